The summed E-state index contributed by atoms with van der Waals surface area (Å²) >= 11 is 0. The summed E-state index contributed by atoms with van der Waals surface area (Å²) in [6.45, 7) is 5.24. The van der Waals surface area contributed by atoms with Gasteiger partial charge in [-0.25, -0.2) is 10.3 Å². The molecule has 49 heavy (non-hydrogen) atoms. The number of likely N-dealkylation sites (N-methyl/N-ethyl adjacent to an activating group) is 1. The summed E-state index contributed by atoms with van der Waals surface area (Å²) in [5, 5.41) is 10.0. The summed E-state index contributed by atoms with van der Waals surface area (Å²) in [4.78, 5) is 3.75. The zero-order valence-corrected chi connectivity index (χ0v) is 29.9. The van der Waals surface area contributed by atoms with Gasteiger partial charge in [-0.15, -0.1) is 0 Å². The minimum absolute atomic E-state index is 0.112. The molecule has 1 aliphatic rings. The number of methoxy groups -OCH3 is 1. The number of nitrogens with one attached hydrogen (secondary N) is 3. The third kappa shape index (κ3) is 13.6. The fraction of sp³-hybridized carbons (Fsp3) is 0.526. The normalized spacial score (nSPS) is 14.1. The molecule has 4 rings (SSSR count). The number of aromatic nitrogens is 1. The van der Waals surface area contributed by atoms with Crippen LogP contribution in [0.25, 0.3) is 10.9 Å². The molecule has 1 unspecified atom stereocenters. The predicted molar refractivity (Wildman–Crippen MR) is 195 cm³/mol. The van der Waals surface area contributed by atoms with E-state index < -0.39 is 12.7 Å². The van der Waals surface area contributed by atoms with E-state index in [2.05, 4.69) is 57.6 Å². The van der Waals surface area contributed by atoms with E-state index >= 15 is 0 Å². The lowest BCUT2D eigenvalue weighted by molar-refractivity contribution is -0.140. The van der Waals surface area contributed by atoms with Crippen molar-refractivity contribution in [2.24, 2.45) is 5.90 Å². The maximum atomic E-state index is 14.4. The lowest BCUT2D eigenvalue weighted by Gasteiger charge is -2.23. The first kappa shape index (κ1) is 41.5. The largest absolute Gasteiger partial charge is 0.495 e. The van der Waals surface area contributed by atoms with E-state index in [1.165, 1.54) is 49.3 Å². The number of rotatable bonds is 13. The van der Waals surface area contributed by atoms with E-state index in [0.717, 1.165) is 24.3 Å². The molecule has 5 N–H and O–H groups in total. The lowest BCUT2D eigenvalue weighted by Crippen LogP contribution is -2.19. The van der Waals surface area contributed by atoms with E-state index in [4.69, 9.17) is 4.74 Å². The van der Waals surface area contributed by atoms with Crippen molar-refractivity contribution in [2.45, 2.75) is 96.8 Å². The second-order valence-electron chi connectivity index (χ2n) is 11.7. The van der Waals surface area contributed by atoms with Crippen LogP contribution in [0.15, 0.2) is 54.4 Å². The van der Waals surface area contributed by atoms with Crippen molar-refractivity contribution in [3.05, 3.63) is 65.6 Å². The van der Waals surface area contributed by atoms with Crippen molar-refractivity contribution in [1.29, 1.82) is 0 Å². The highest BCUT2D eigenvalue weighted by Crippen LogP contribution is 2.36. The molecular formula is C38H55F4N5O2. The molecule has 1 aliphatic carbocycles. The van der Waals surface area contributed by atoms with Gasteiger partial charge in [-0.2, -0.15) is 13.2 Å². The van der Waals surface area contributed by atoms with Gasteiger partial charge in [0, 0.05) is 23.7 Å². The Bertz CT molecular complexity index is 1490. The van der Waals surface area contributed by atoms with Gasteiger partial charge in [0.1, 0.15) is 18.1 Å². The quantitative estimate of drug-likeness (QED) is 0.0814. The van der Waals surface area contributed by atoms with Gasteiger partial charge in [0.2, 0.25) is 0 Å². The fourth-order valence-corrected chi connectivity index (χ4v) is 5.95. The number of nitrogens with zero attached hydrogens (tertiary/aromatic N) is 1. The van der Waals surface area contributed by atoms with Gasteiger partial charge in [-0.3, -0.25) is 0 Å². The molecule has 0 aliphatic heterocycles. The number of hydrogen-bond acceptors (Lipinski definition) is 6. The van der Waals surface area contributed by atoms with Gasteiger partial charge in [0.25, 0.3) is 0 Å². The number of ether oxygens (including phenoxy) is 1. The monoisotopic (exact) mass is 689 g/mol. The molecule has 0 amide bonds. The number of hydrogen-bond donors (Lipinski definition) is 4. The number of nitrogens with two attached hydrogens (primary N) is 1. The summed E-state index contributed by atoms with van der Waals surface area (Å²) in [5.74, 6) is 11.3. The van der Waals surface area contributed by atoms with E-state index in [9.17, 15) is 17.6 Å². The Morgan fingerprint density at radius 2 is 1.80 bits per heavy atom. The summed E-state index contributed by atoms with van der Waals surface area (Å²) in [6, 6.07) is 12.7. The van der Waals surface area contributed by atoms with E-state index in [-0.39, 0.29) is 30.7 Å². The molecule has 1 aromatic heterocycles. The van der Waals surface area contributed by atoms with Gasteiger partial charge < -0.3 is 30.1 Å². The summed E-state index contributed by atoms with van der Waals surface area (Å²) in [5.41, 5.74) is 3.38. The van der Waals surface area contributed by atoms with Crippen LogP contribution in [0.3, 0.4) is 0 Å². The van der Waals surface area contributed by atoms with Crippen LogP contribution >= 0.6 is 0 Å². The minimum atomic E-state index is -4.43. The molecule has 0 radical (unpaired) electrons. The molecule has 11 heteroatoms. The van der Waals surface area contributed by atoms with Crippen molar-refractivity contribution in [1.82, 2.24) is 9.88 Å². The Labute approximate surface area is 289 Å². The highest BCUT2D eigenvalue weighted by Gasteiger charge is 2.30. The maximum absolute atomic E-state index is 14.4. The van der Waals surface area contributed by atoms with Gasteiger partial charge in [-0.1, -0.05) is 70.9 Å². The second-order valence-corrected chi connectivity index (χ2v) is 11.7. The van der Waals surface area contributed by atoms with Gasteiger partial charge in [0.05, 0.1) is 37.7 Å². The van der Waals surface area contributed by atoms with Gasteiger partial charge in [0.15, 0.2) is 0 Å². The second kappa shape index (κ2) is 22.1. The van der Waals surface area contributed by atoms with E-state index in [1.54, 1.807) is 38.4 Å². The molecule has 1 saturated carbocycles. The van der Waals surface area contributed by atoms with Crippen LogP contribution in [0.5, 0.6) is 5.75 Å². The molecule has 0 bridgehead atoms. The molecule has 3 aromatic rings. The summed E-state index contributed by atoms with van der Waals surface area (Å²) < 4.78 is 62.3. The molecule has 272 valence electrons. The standard InChI is InChI=1S/C35H44F4N4O.C2H6.CH5NO/c1-4-5-13-28(21-27(36)23-40-2)42-31-15-9-16-33-30(31)22-29(43(33)24-35(37,38)39)14-10-19-41-32-18-17-26(20-34(32)44-3)25-11-7-6-8-12-25;1-2;1-3-2/h9,15-18,20-22,25,28,40-42H,4-8,11-13,19,23-24H2,1-3H3;1-2H3;2H2,1H3. The number of unbranched alkanes of at least 4 members (excludes halogenated alkanes) is 1. The highest BCUT2D eigenvalue weighted by molar-refractivity contribution is 5.94. The van der Waals surface area contributed by atoms with E-state index in [0.29, 0.717) is 28.9 Å². The average molecular weight is 690 g/mol. The Balaban J connectivity index is 0.00000158. The lowest BCUT2D eigenvalue weighted by atomic mass is 9.84. The summed E-state index contributed by atoms with van der Waals surface area (Å²) in [6.07, 6.45) is 5.78. The summed E-state index contributed by atoms with van der Waals surface area (Å²) in [7, 11) is 4.71. The Hall–Kier alpha value is -3.72. The van der Waals surface area contributed by atoms with Crippen LogP contribution in [0, 0.1) is 11.8 Å². The molecule has 1 fully saturated rings. The maximum Gasteiger partial charge on any atom is 0.406 e. The van der Waals surface area contributed by atoms with Gasteiger partial charge >= 0.3 is 6.18 Å². The third-order valence-electron chi connectivity index (χ3n) is 8.11. The fourth-order valence-electron chi connectivity index (χ4n) is 5.95. The SMILES string of the molecule is CC.CCCCC(C=C(F)CNC)Nc1cccc2c1cc(C#CCNc1ccc(C3CCCCC3)cc1OC)n2CC(F)(F)F.CON. The van der Waals surface area contributed by atoms with Crippen molar-refractivity contribution >= 4 is 22.3 Å². The van der Waals surface area contributed by atoms with Crippen LogP contribution in [0.1, 0.15) is 89.3 Å². The smallest absolute Gasteiger partial charge is 0.406 e. The molecular weight excluding hydrogens is 634 g/mol. The number of anilines is 2. The average Bonchev–Trinajstić information content (AvgIpc) is 3.43. The topological polar surface area (TPSA) is 85.5 Å². The third-order valence-corrected chi connectivity index (χ3v) is 8.11. The van der Waals surface area contributed by atoms with E-state index in [1.807, 2.05) is 26.0 Å². The number of alkyl halides is 3. The Morgan fingerprint density at radius 1 is 1.08 bits per heavy atom. The van der Waals surface area contributed by atoms with Crippen LogP contribution in [-0.4, -0.2) is 51.1 Å². The van der Waals surface area contributed by atoms with Gasteiger partial charge in [-0.05, 0) is 80.1 Å². The molecule has 0 spiro atoms. The van der Waals surface area contributed by atoms with Crippen LogP contribution in [-0.2, 0) is 11.4 Å². The number of fused-ring (bicyclic) bond motifs is 1. The predicted octanol–water partition coefficient (Wildman–Crippen LogP) is 9.30. The van der Waals surface area contributed by atoms with Crippen molar-refractivity contribution in [3.8, 4) is 17.6 Å². The first-order chi connectivity index (χ1) is 23.6. The Kier molecular flexibility index (Phi) is 18.7. The van der Waals surface area contributed by atoms with Crippen LogP contribution in [0.2, 0.25) is 0 Å². The first-order valence-corrected chi connectivity index (χ1v) is 17.2. The Morgan fingerprint density at radius 3 is 2.43 bits per heavy atom. The number of halogens is 4. The van der Waals surface area contributed by atoms with Crippen molar-refractivity contribution in [3.63, 3.8) is 0 Å². The van der Waals surface area contributed by atoms with Crippen LogP contribution < -0.4 is 26.6 Å². The zero-order valence-electron chi connectivity index (χ0n) is 29.9. The van der Waals surface area contributed by atoms with Crippen LogP contribution in [0.4, 0.5) is 28.9 Å². The first-order valence-electron chi connectivity index (χ1n) is 17.2. The van der Waals surface area contributed by atoms with Crippen molar-refractivity contribution < 1.29 is 27.1 Å². The highest BCUT2D eigenvalue weighted by atomic mass is 19.4. The molecule has 0 saturated heterocycles. The molecule has 7 nitrogen and oxygen atoms in total. The van der Waals surface area contributed by atoms with Crippen molar-refractivity contribution in [2.75, 3.05) is 45.0 Å². The number of benzene rings is 2. The minimum Gasteiger partial charge on any atom is -0.495 e. The molecule has 1 atom stereocenters. The zero-order chi connectivity index (χ0) is 36.2. The molecule has 2 aromatic carbocycles. The molecule has 1 heterocycles.